The van der Waals surface area contributed by atoms with Crippen LogP contribution in [-0.2, 0) is 0 Å². The molecule has 0 radical (unpaired) electrons. The first-order chi connectivity index (χ1) is 8.25. The summed E-state index contributed by atoms with van der Waals surface area (Å²) in [7, 11) is 0. The number of nitrogen functional groups attached to an aromatic ring is 1. The molecule has 2 aromatic heterocycles. The van der Waals surface area contributed by atoms with Gasteiger partial charge in [0, 0.05) is 5.56 Å². The van der Waals surface area contributed by atoms with E-state index in [-0.39, 0.29) is 0 Å². The fourth-order valence-electron chi connectivity index (χ4n) is 1.80. The Balaban J connectivity index is 2.27. The lowest BCUT2D eigenvalue weighted by Gasteiger charge is -2.00. The van der Waals surface area contributed by atoms with E-state index in [0.29, 0.717) is 11.5 Å². The van der Waals surface area contributed by atoms with Crippen LogP contribution in [0.4, 0.5) is 5.82 Å². The maximum Gasteiger partial charge on any atom is 0.161 e. The number of nitrogens with zero attached hydrogens (tertiary/aromatic N) is 3. The van der Waals surface area contributed by atoms with E-state index in [9.17, 15) is 0 Å². The molecule has 3 aromatic rings. The van der Waals surface area contributed by atoms with E-state index in [1.807, 2.05) is 31.2 Å². The standard InChI is InChI=1S/C12H11N5/c1-7-2-4-8(5-3-7)10-9-11(13)14-6-15-12(9)17-16-10/h2-6H,1H3,(H3,13,14,15,16,17). The van der Waals surface area contributed by atoms with Crippen molar-refractivity contribution in [2.45, 2.75) is 6.92 Å². The summed E-state index contributed by atoms with van der Waals surface area (Å²) in [6, 6.07) is 8.10. The number of hydrogen-bond donors (Lipinski definition) is 2. The topological polar surface area (TPSA) is 80.5 Å². The highest BCUT2D eigenvalue weighted by molar-refractivity contribution is 5.97. The van der Waals surface area contributed by atoms with E-state index >= 15 is 0 Å². The third kappa shape index (κ3) is 1.52. The molecule has 3 N–H and O–H groups in total. The summed E-state index contributed by atoms with van der Waals surface area (Å²) in [6.07, 6.45) is 1.43. The number of rotatable bonds is 1. The summed E-state index contributed by atoms with van der Waals surface area (Å²) in [5, 5.41) is 7.88. The zero-order chi connectivity index (χ0) is 11.8. The number of hydrogen-bond acceptors (Lipinski definition) is 4. The smallest absolute Gasteiger partial charge is 0.161 e. The number of nitrogens with two attached hydrogens (primary N) is 1. The molecule has 0 atom stereocenters. The summed E-state index contributed by atoms with van der Waals surface area (Å²) in [4.78, 5) is 8.09. The summed E-state index contributed by atoms with van der Waals surface area (Å²) in [5.74, 6) is 0.444. The Labute approximate surface area is 97.7 Å². The van der Waals surface area contributed by atoms with Crippen LogP contribution in [0.15, 0.2) is 30.6 Å². The van der Waals surface area contributed by atoms with E-state index in [4.69, 9.17) is 5.73 Å². The Morgan fingerprint density at radius 3 is 2.65 bits per heavy atom. The molecular formula is C12H11N5. The molecule has 3 rings (SSSR count). The number of aryl methyl sites for hydroxylation is 1. The SMILES string of the molecule is Cc1ccc(-c2n[nH]c3ncnc(N)c23)cc1. The molecule has 2 heterocycles. The van der Waals surface area contributed by atoms with Gasteiger partial charge < -0.3 is 5.73 Å². The third-order valence-corrected chi connectivity index (χ3v) is 2.71. The van der Waals surface area contributed by atoms with Crippen molar-refractivity contribution in [1.82, 2.24) is 20.2 Å². The third-order valence-electron chi connectivity index (χ3n) is 2.71. The van der Waals surface area contributed by atoms with Gasteiger partial charge in [0.15, 0.2) is 5.65 Å². The minimum absolute atomic E-state index is 0.444. The lowest BCUT2D eigenvalue weighted by molar-refractivity contribution is 1.09. The maximum atomic E-state index is 5.86. The average Bonchev–Trinajstić information content (AvgIpc) is 2.75. The zero-order valence-electron chi connectivity index (χ0n) is 9.31. The van der Waals surface area contributed by atoms with Gasteiger partial charge in [-0.3, -0.25) is 5.10 Å². The first-order valence-electron chi connectivity index (χ1n) is 5.27. The molecule has 5 nitrogen and oxygen atoms in total. The first-order valence-corrected chi connectivity index (χ1v) is 5.27. The number of benzene rings is 1. The molecular weight excluding hydrogens is 214 g/mol. The van der Waals surface area contributed by atoms with Gasteiger partial charge >= 0.3 is 0 Å². The number of aromatic nitrogens is 4. The van der Waals surface area contributed by atoms with Crippen molar-refractivity contribution in [3.63, 3.8) is 0 Å². The Morgan fingerprint density at radius 2 is 1.88 bits per heavy atom. The van der Waals surface area contributed by atoms with Gasteiger partial charge in [-0.1, -0.05) is 29.8 Å². The van der Waals surface area contributed by atoms with Crippen molar-refractivity contribution in [3.05, 3.63) is 36.2 Å². The van der Waals surface area contributed by atoms with Crippen LogP contribution in [0.25, 0.3) is 22.3 Å². The molecule has 0 spiro atoms. The van der Waals surface area contributed by atoms with Crippen molar-refractivity contribution in [2.75, 3.05) is 5.73 Å². The Morgan fingerprint density at radius 1 is 1.12 bits per heavy atom. The quantitative estimate of drug-likeness (QED) is 0.663. The molecule has 84 valence electrons. The van der Waals surface area contributed by atoms with Gasteiger partial charge in [-0.05, 0) is 6.92 Å². The second-order valence-electron chi connectivity index (χ2n) is 3.92. The molecule has 0 amide bonds. The van der Waals surface area contributed by atoms with Gasteiger partial charge in [-0.15, -0.1) is 0 Å². The highest BCUT2D eigenvalue weighted by Gasteiger charge is 2.12. The highest BCUT2D eigenvalue weighted by Crippen LogP contribution is 2.28. The second-order valence-corrected chi connectivity index (χ2v) is 3.92. The monoisotopic (exact) mass is 225 g/mol. The molecule has 1 aromatic carbocycles. The minimum atomic E-state index is 0.444. The summed E-state index contributed by atoms with van der Waals surface area (Å²) >= 11 is 0. The van der Waals surface area contributed by atoms with Crippen LogP contribution >= 0.6 is 0 Å². The normalized spacial score (nSPS) is 10.9. The van der Waals surface area contributed by atoms with Crippen molar-refractivity contribution < 1.29 is 0 Å². The van der Waals surface area contributed by atoms with E-state index < -0.39 is 0 Å². The lowest BCUT2D eigenvalue weighted by atomic mass is 10.1. The van der Waals surface area contributed by atoms with Crippen molar-refractivity contribution in [1.29, 1.82) is 0 Å². The molecule has 0 unspecified atom stereocenters. The molecule has 0 aliphatic heterocycles. The Bertz CT molecular complexity index is 669. The molecule has 17 heavy (non-hydrogen) atoms. The van der Waals surface area contributed by atoms with Crippen LogP contribution in [0.5, 0.6) is 0 Å². The van der Waals surface area contributed by atoms with Gasteiger partial charge in [0.1, 0.15) is 17.8 Å². The van der Waals surface area contributed by atoms with Crippen LogP contribution in [0.1, 0.15) is 5.56 Å². The van der Waals surface area contributed by atoms with Gasteiger partial charge in [0.05, 0.1) is 5.39 Å². The fraction of sp³-hybridized carbons (Fsp3) is 0.0833. The van der Waals surface area contributed by atoms with Crippen LogP contribution in [0.3, 0.4) is 0 Å². The minimum Gasteiger partial charge on any atom is -0.383 e. The van der Waals surface area contributed by atoms with Crippen molar-refractivity contribution in [3.8, 4) is 11.3 Å². The van der Waals surface area contributed by atoms with E-state index in [0.717, 1.165) is 16.6 Å². The second kappa shape index (κ2) is 3.55. The Hall–Kier alpha value is -2.43. The van der Waals surface area contributed by atoms with E-state index in [1.54, 1.807) is 0 Å². The molecule has 0 fully saturated rings. The predicted molar refractivity (Wildman–Crippen MR) is 66.3 cm³/mol. The van der Waals surface area contributed by atoms with Crippen LogP contribution in [0, 0.1) is 6.92 Å². The van der Waals surface area contributed by atoms with Crippen LogP contribution in [0.2, 0.25) is 0 Å². The van der Waals surface area contributed by atoms with E-state index in [1.165, 1.54) is 11.9 Å². The number of anilines is 1. The summed E-state index contributed by atoms with van der Waals surface area (Å²) in [6.45, 7) is 2.05. The van der Waals surface area contributed by atoms with Gasteiger partial charge in [0.25, 0.3) is 0 Å². The van der Waals surface area contributed by atoms with Crippen LogP contribution < -0.4 is 5.73 Å². The zero-order valence-corrected chi connectivity index (χ0v) is 9.31. The lowest BCUT2D eigenvalue weighted by Crippen LogP contribution is -1.92. The fourth-order valence-corrected chi connectivity index (χ4v) is 1.80. The summed E-state index contributed by atoms with van der Waals surface area (Å²) < 4.78 is 0. The molecule has 5 heteroatoms. The number of nitrogens with one attached hydrogen (secondary N) is 1. The predicted octanol–water partition coefficient (Wildman–Crippen LogP) is 1.91. The number of H-pyrrole nitrogens is 1. The largest absolute Gasteiger partial charge is 0.383 e. The average molecular weight is 225 g/mol. The van der Waals surface area contributed by atoms with Crippen LogP contribution in [-0.4, -0.2) is 20.2 Å². The first kappa shape index (κ1) is 9.77. The molecule has 0 bridgehead atoms. The van der Waals surface area contributed by atoms with Gasteiger partial charge in [0.2, 0.25) is 0 Å². The molecule has 0 saturated carbocycles. The van der Waals surface area contributed by atoms with Gasteiger partial charge in [-0.25, -0.2) is 9.97 Å². The highest BCUT2D eigenvalue weighted by atomic mass is 15.2. The van der Waals surface area contributed by atoms with Crippen molar-refractivity contribution >= 4 is 16.9 Å². The summed E-state index contributed by atoms with van der Waals surface area (Å²) in [5.41, 5.74) is 9.52. The molecule has 0 aliphatic rings. The van der Waals surface area contributed by atoms with Crippen molar-refractivity contribution in [2.24, 2.45) is 0 Å². The number of aromatic amines is 1. The van der Waals surface area contributed by atoms with Gasteiger partial charge in [-0.2, -0.15) is 5.10 Å². The Kier molecular flexibility index (Phi) is 2.04. The molecule has 0 saturated heterocycles. The maximum absolute atomic E-state index is 5.86. The van der Waals surface area contributed by atoms with E-state index in [2.05, 4.69) is 20.2 Å². The number of fused-ring (bicyclic) bond motifs is 1. The molecule has 0 aliphatic carbocycles.